The summed E-state index contributed by atoms with van der Waals surface area (Å²) < 4.78 is 0. The third-order valence-electron chi connectivity index (χ3n) is 3.19. The molecule has 0 saturated carbocycles. The van der Waals surface area contributed by atoms with Crippen molar-refractivity contribution in [2.24, 2.45) is 5.41 Å². The van der Waals surface area contributed by atoms with Crippen molar-refractivity contribution in [1.29, 1.82) is 0 Å². The predicted octanol–water partition coefficient (Wildman–Crippen LogP) is 2.61. The first kappa shape index (κ1) is 14.2. The van der Waals surface area contributed by atoms with Crippen LogP contribution in [-0.4, -0.2) is 22.4 Å². The average Bonchev–Trinajstić information content (AvgIpc) is 2.21. The highest BCUT2D eigenvalue weighted by atomic mass is 16.3. The summed E-state index contributed by atoms with van der Waals surface area (Å²) in [6, 6.07) is 6.19. The van der Waals surface area contributed by atoms with Gasteiger partial charge in [0.15, 0.2) is 0 Å². The Labute approximate surface area is 104 Å². The van der Waals surface area contributed by atoms with Crippen LogP contribution in [0.5, 0.6) is 0 Å². The summed E-state index contributed by atoms with van der Waals surface area (Å²) in [5, 5.41) is 20.1. The van der Waals surface area contributed by atoms with Gasteiger partial charge in [-0.25, -0.2) is 0 Å². The molecule has 0 fully saturated rings. The van der Waals surface area contributed by atoms with Gasteiger partial charge >= 0.3 is 0 Å². The summed E-state index contributed by atoms with van der Waals surface area (Å²) in [6.07, 6.45) is -0.913. The Kier molecular flexibility index (Phi) is 4.34. The van der Waals surface area contributed by atoms with Crippen molar-refractivity contribution in [1.82, 2.24) is 0 Å². The van der Waals surface area contributed by atoms with Gasteiger partial charge in [-0.05, 0) is 30.4 Å². The normalized spacial score (nSPS) is 15.7. The first-order valence-corrected chi connectivity index (χ1v) is 6.14. The molecule has 1 aromatic carbocycles. The van der Waals surface area contributed by atoms with Crippen LogP contribution < -0.4 is 0 Å². The Hall–Kier alpha value is -0.860. The minimum absolute atomic E-state index is 0.294. The van der Waals surface area contributed by atoms with Crippen LogP contribution in [0.25, 0.3) is 0 Å². The lowest BCUT2D eigenvalue weighted by Gasteiger charge is -2.30. The summed E-state index contributed by atoms with van der Waals surface area (Å²) in [5.74, 6) is 0. The molecule has 1 aromatic rings. The average molecular weight is 236 g/mol. The Morgan fingerprint density at radius 2 is 1.71 bits per heavy atom. The Bertz CT molecular complexity index is 377. The number of aliphatic hydroxyl groups is 2. The Morgan fingerprint density at radius 1 is 1.12 bits per heavy atom. The first-order valence-electron chi connectivity index (χ1n) is 6.14. The van der Waals surface area contributed by atoms with E-state index in [1.165, 1.54) is 5.56 Å². The molecule has 0 aliphatic rings. The topological polar surface area (TPSA) is 40.5 Å². The van der Waals surface area contributed by atoms with Crippen LogP contribution in [0, 0.1) is 19.3 Å². The smallest absolute Gasteiger partial charge is 0.0850 e. The van der Waals surface area contributed by atoms with Crippen LogP contribution in [0.2, 0.25) is 0 Å². The first-order chi connectivity index (χ1) is 7.71. The summed E-state index contributed by atoms with van der Waals surface area (Å²) >= 11 is 0. The number of aliphatic hydroxyl groups excluding tert-OH is 2. The lowest BCUT2D eigenvalue weighted by Crippen LogP contribution is -2.39. The predicted molar refractivity (Wildman–Crippen MR) is 71.1 cm³/mol. The van der Waals surface area contributed by atoms with E-state index in [4.69, 9.17) is 0 Å². The molecule has 0 spiro atoms. The SMILES string of the molecule is Cc1ccc(C)c(CC(O)C(O)C(C)(C)C)c1. The van der Waals surface area contributed by atoms with Crippen molar-refractivity contribution in [2.75, 3.05) is 0 Å². The number of hydrogen-bond donors (Lipinski definition) is 2. The molecule has 0 aliphatic heterocycles. The molecule has 2 atom stereocenters. The van der Waals surface area contributed by atoms with E-state index in [-0.39, 0.29) is 5.41 Å². The second kappa shape index (κ2) is 5.19. The molecule has 2 N–H and O–H groups in total. The highest BCUT2D eigenvalue weighted by molar-refractivity contribution is 5.31. The third kappa shape index (κ3) is 3.83. The summed E-state index contributed by atoms with van der Waals surface area (Å²) in [5.41, 5.74) is 3.16. The van der Waals surface area contributed by atoms with Crippen LogP contribution in [0.3, 0.4) is 0 Å². The zero-order chi connectivity index (χ0) is 13.2. The van der Waals surface area contributed by atoms with Gasteiger partial charge in [-0.2, -0.15) is 0 Å². The largest absolute Gasteiger partial charge is 0.390 e. The van der Waals surface area contributed by atoms with E-state index in [1.807, 2.05) is 34.6 Å². The van der Waals surface area contributed by atoms with E-state index in [9.17, 15) is 10.2 Å². The van der Waals surface area contributed by atoms with Gasteiger partial charge in [0.1, 0.15) is 0 Å². The second-order valence-electron chi connectivity index (χ2n) is 6.01. The molecule has 0 heterocycles. The van der Waals surface area contributed by atoms with Gasteiger partial charge in [-0.15, -0.1) is 0 Å². The quantitative estimate of drug-likeness (QED) is 0.847. The maximum absolute atomic E-state index is 10.1. The van der Waals surface area contributed by atoms with Crippen LogP contribution in [0.1, 0.15) is 37.5 Å². The van der Waals surface area contributed by atoms with Gasteiger partial charge in [0.05, 0.1) is 12.2 Å². The Morgan fingerprint density at radius 3 is 2.24 bits per heavy atom. The van der Waals surface area contributed by atoms with Gasteiger partial charge < -0.3 is 10.2 Å². The van der Waals surface area contributed by atoms with Crippen LogP contribution in [0.4, 0.5) is 0 Å². The molecular weight excluding hydrogens is 212 g/mol. The minimum atomic E-state index is -0.713. The molecule has 17 heavy (non-hydrogen) atoms. The van der Waals surface area contributed by atoms with Crippen molar-refractivity contribution in [3.8, 4) is 0 Å². The van der Waals surface area contributed by atoms with E-state index < -0.39 is 12.2 Å². The fourth-order valence-electron chi connectivity index (χ4n) is 1.93. The van der Waals surface area contributed by atoms with E-state index in [0.717, 1.165) is 11.1 Å². The van der Waals surface area contributed by atoms with Crippen molar-refractivity contribution < 1.29 is 10.2 Å². The third-order valence-corrected chi connectivity index (χ3v) is 3.19. The fraction of sp³-hybridized carbons (Fsp3) is 0.600. The van der Waals surface area contributed by atoms with E-state index >= 15 is 0 Å². The molecule has 0 radical (unpaired) electrons. The van der Waals surface area contributed by atoms with E-state index in [0.29, 0.717) is 6.42 Å². The zero-order valence-corrected chi connectivity index (χ0v) is 11.5. The maximum Gasteiger partial charge on any atom is 0.0850 e. The monoisotopic (exact) mass is 236 g/mol. The van der Waals surface area contributed by atoms with Gasteiger partial charge in [-0.3, -0.25) is 0 Å². The number of benzene rings is 1. The van der Waals surface area contributed by atoms with E-state index in [1.54, 1.807) is 0 Å². The fourth-order valence-corrected chi connectivity index (χ4v) is 1.93. The zero-order valence-electron chi connectivity index (χ0n) is 11.5. The standard InChI is InChI=1S/C15H24O2/c1-10-6-7-11(2)12(8-10)9-13(16)14(17)15(3,4)5/h6-8,13-14,16-17H,9H2,1-5H3. The van der Waals surface area contributed by atoms with Crippen LogP contribution >= 0.6 is 0 Å². The molecule has 0 saturated heterocycles. The maximum atomic E-state index is 10.1. The van der Waals surface area contributed by atoms with Crippen molar-refractivity contribution in [2.45, 2.75) is 53.2 Å². The van der Waals surface area contributed by atoms with Crippen molar-refractivity contribution in [3.63, 3.8) is 0 Å². The highest BCUT2D eigenvalue weighted by Gasteiger charge is 2.29. The van der Waals surface area contributed by atoms with Crippen molar-refractivity contribution in [3.05, 3.63) is 34.9 Å². The van der Waals surface area contributed by atoms with Crippen LogP contribution in [0.15, 0.2) is 18.2 Å². The molecule has 0 bridgehead atoms. The summed E-state index contributed by atoms with van der Waals surface area (Å²) in [4.78, 5) is 0. The lowest BCUT2D eigenvalue weighted by molar-refractivity contribution is -0.0434. The number of rotatable bonds is 3. The molecule has 96 valence electrons. The molecule has 1 rings (SSSR count). The van der Waals surface area contributed by atoms with Crippen LogP contribution in [-0.2, 0) is 6.42 Å². The van der Waals surface area contributed by atoms with Gasteiger partial charge in [-0.1, -0.05) is 44.5 Å². The molecule has 2 nitrogen and oxygen atoms in total. The van der Waals surface area contributed by atoms with Gasteiger partial charge in [0.2, 0.25) is 0 Å². The van der Waals surface area contributed by atoms with E-state index in [2.05, 4.69) is 18.2 Å². The van der Waals surface area contributed by atoms with Gasteiger partial charge in [0, 0.05) is 6.42 Å². The molecule has 0 aromatic heterocycles. The molecule has 0 aliphatic carbocycles. The Balaban J connectivity index is 2.81. The number of aryl methyl sites for hydroxylation is 2. The summed E-state index contributed by atoms with van der Waals surface area (Å²) in [6.45, 7) is 9.87. The molecule has 2 heteroatoms. The second-order valence-corrected chi connectivity index (χ2v) is 6.01. The lowest BCUT2D eigenvalue weighted by atomic mass is 9.83. The highest BCUT2D eigenvalue weighted by Crippen LogP contribution is 2.24. The minimum Gasteiger partial charge on any atom is -0.390 e. The number of hydrogen-bond acceptors (Lipinski definition) is 2. The molecular formula is C15H24O2. The summed E-state index contributed by atoms with van der Waals surface area (Å²) in [7, 11) is 0. The molecule has 0 amide bonds. The molecule has 2 unspecified atom stereocenters. The van der Waals surface area contributed by atoms with Crippen molar-refractivity contribution >= 4 is 0 Å². The van der Waals surface area contributed by atoms with Gasteiger partial charge in [0.25, 0.3) is 0 Å².